The van der Waals surface area contributed by atoms with Crippen molar-refractivity contribution >= 4 is 8.58 Å². The summed E-state index contributed by atoms with van der Waals surface area (Å²) in [6, 6.07) is 0. The van der Waals surface area contributed by atoms with Crippen molar-refractivity contribution in [2.24, 2.45) is 5.92 Å². The molecule has 11 heavy (non-hydrogen) atoms. The first-order valence-electron chi connectivity index (χ1n) is 4.40. The molecule has 0 aromatic heterocycles. The summed E-state index contributed by atoms with van der Waals surface area (Å²) in [5.41, 5.74) is 0.939. The second kappa shape index (κ2) is 2.18. The molecule has 4 bridgehead atoms. The molecule has 0 aromatic carbocycles. The lowest BCUT2D eigenvalue weighted by Gasteiger charge is -2.52. The van der Waals surface area contributed by atoms with Gasteiger partial charge in [-0.2, -0.15) is 0 Å². The molecule has 0 amide bonds. The van der Waals surface area contributed by atoms with Crippen LogP contribution in [0.25, 0.3) is 0 Å². The minimum Gasteiger partial charge on any atom is -0.349 e. The maximum Gasteiger partial charge on any atom is 0.159 e. The van der Waals surface area contributed by atoms with Crippen LogP contribution in [0, 0.1) is 5.92 Å². The van der Waals surface area contributed by atoms with E-state index in [0.29, 0.717) is 17.9 Å². The molecule has 6 unspecified atom stereocenters. The van der Waals surface area contributed by atoms with Gasteiger partial charge in [-0.1, -0.05) is 15.5 Å². The molecule has 0 spiro atoms. The smallest absolute Gasteiger partial charge is 0.159 e. The number of rotatable bonds is 0. The Morgan fingerprint density at radius 3 is 2.91 bits per heavy atom. The lowest BCUT2D eigenvalue weighted by atomic mass is 9.94. The van der Waals surface area contributed by atoms with E-state index in [1.165, 1.54) is 6.42 Å². The fraction of sp³-hybridized carbons (Fsp3) is 1.00. The van der Waals surface area contributed by atoms with E-state index in [-0.39, 0.29) is 6.29 Å². The van der Waals surface area contributed by atoms with Gasteiger partial charge in [0.25, 0.3) is 0 Å². The van der Waals surface area contributed by atoms with Gasteiger partial charge in [-0.3, -0.25) is 0 Å². The minimum atomic E-state index is 0.168. The highest BCUT2D eigenvalue weighted by Gasteiger charge is 2.48. The third-order valence-corrected chi connectivity index (χ3v) is 5.02. The van der Waals surface area contributed by atoms with Crippen molar-refractivity contribution in [2.75, 3.05) is 0 Å². The average molecular weight is 172 g/mol. The van der Waals surface area contributed by atoms with Crippen LogP contribution in [0.5, 0.6) is 0 Å². The van der Waals surface area contributed by atoms with Crippen molar-refractivity contribution in [3.05, 3.63) is 0 Å². The SMILES string of the molecule is CC1C2CC3CC(O2)OC1P3. The van der Waals surface area contributed by atoms with Crippen LogP contribution in [0.2, 0.25) is 0 Å². The van der Waals surface area contributed by atoms with Crippen LogP contribution in [0.1, 0.15) is 19.8 Å². The molecule has 4 rings (SSSR count). The van der Waals surface area contributed by atoms with Gasteiger partial charge in [-0.05, 0) is 12.1 Å². The molecular weight excluding hydrogens is 159 g/mol. The quantitative estimate of drug-likeness (QED) is 0.516. The van der Waals surface area contributed by atoms with E-state index >= 15 is 0 Å². The molecule has 62 valence electrons. The Morgan fingerprint density at radius 2 is 2.18 bits per heavy atom. The Labute approximate surface area is 68.4 Å². The largest absolute Gasteiger partial charge is 0.349 e. The summed E-state index contributed by atoms with van der Waals surface area (Å²) in [4.78, 5) is 0. The monoisotopic (exact) mass is 172 g/mol. The normalized spacial score (nSPS) is 62.5. The lowest BCUT2D eigenvalue weighted by Crippen LogP contribution is -2.53. The molecule has 4 heterocycles. The molecule has 0 aromatic rings. The van der Waals surface area contributed by atoms with Gasteiger partial charge in [-0.15, -0.1) is 0 Å². The summed E-state index contributed by atoms with van der Waals surface area (Å²) in [5, 5.41) is 0. The van der Waals surface area contributed by atoms with E-state index in [4.69, 9.17) is 9.47 Å². The Kier molecular flexibility index (Phi) is 1.36. The highest BCUT2D eigenvalue weighted by molar-refractivity contribution is 7.39. The van der Waals surface area contributed by atoms with Gasteiger partial charge in [0, 0.05) is 12.3 Å². The molecule has 6 atom stereocenters. The third kappa shape index (κ3) is 0.898. The van der Waals surface area contributed by atoms with E-state index < -0.39 is 0 Å². The number of hydrogen-bond acceptors (Lipinski definition) is 2. The summed E-state index contributed by atoms with van der Waals surface area (Å²) in [6.07, 6.45) is 3.16. The Balaban J connectivity index is 1.91. The highest BCUT2D eigenvalue weighted by Crippen LogP contribution is 2.53. The van der Waals surface area contributed by atoms with Crippen molar-refractivity contribution in [1.82, 2.24) is 0 Å². The van der Waals surface area contributed by atoms with Crippen LogP contribution in [0.3, 0.4) is 0 Å². The Hall–Kier alpha value is 0.350. The summed E-state index contributed by atoms with van der Waals surface area (Å²) < 4.78 is 11.4. The van der Waals surface area contributed by atoms with Crippen molar-refractivity contribution in [3.8, 4) is 0 Å². The van der Waals surface area contributed by atoms with Crippen molar-refractivity contribution in [3.63, 3.8) is 0 Å². The Bertz CT molecular complexity index is 155. The maximum absolute atomic E-state index is 5.73. The standard InChI is InChI=1S/C8H13O2P/c1-4-6-2-5-3-7(9-6)10-8(4)11-5/h4-8,11H,2-3H2,1H3. The zero-order valence-corrected chi connectivity index (χ0v) is 7.62. The molecule has 4 aliphatic heterocycles. The summed E-state index contributed by atoms with van der Waals surface area (Å²) in [7, 11) is 1.05. The van der Waals surface area contributed by atoms with Gasteiger partial charge in [0.2, 0.25) is 0 Å². The minimum absolute atomic E-state index is 0.168. The zero-order valence-electron chi connectivity index (χ0n) is 6.62. The zero-order chi connectivity index (χ0) is 7.42. The van der Waals surface area contributed by atoms with Gasteiger partial charge >= 0.3 is 0 Å². The van der Waals surface area contributed by atoms with E-state index in [2.05, 4.69) is 6.92 Å². The van der Waals surface area contributed by atoms with E-state index in [0.717, 1.165) is 20.7 Å². The van der Waals surface area contributed by atoms with Gasteiger partial charge < -0.3 is 9.47 Å². The molecule has 0 N–H and O–H groups in total. The first kappa shape index (κ1) is 6.82. The third-order valence-electron chi connectivity index (χ3n) is 3.08. The van der Waals surface area contributed by atoms with Gasteiger partial charge in [0.15, 0.2) is 6.29 Å². The molecule has 4 saturated heterocycles. The van der Waals surface area contributed by atoms with Crippen LogP contribution < -0.4 is 0 Å². The van der Waals surface area contributed by atoms with Crippen molar-refractivity contribution < 1.29 is 9.47 Å². The fourth-order valence-electron chi connectivity index (χ4n) is 2.38. The topological polar surface area (TPSA) is 18.5 Å². The van der Waals surface area contributed by atoms with Crippen LogP contribution >= 0.6 is 8.58 Å². The lowest BCUT2D eigenvalue weighted by molar-refractivity contribution is -0.271. The van der Waals surface area contributed by atoms with E-state index in [1.807, 2.05) is 0 Å². The van der Waals surface area contributed by atoms with Crippen LogP contribution in [0.15, 0.2) is 0 Å². The molecule has 4 aliphatic rings. The highest BCUT2D eigenvalue weighted by atomic mass is 31.1. The fourth-order valence-corrected chi connectivity index (χ4v) is 4.29. The second-order valence-electron chi connectivity index (χ2n) is 3.85. The number of ether oxygens (including phenoxy) is 2. The average Bonchev–Trinajstić information content (AvgIpc) is 1.98. The summed E-state index contributed by atoms with van der Waals surface area (Å²) >= 11 is 0. The predicted molar refractivity (Wildman–Crippen MR) is 44.0 cm³/mol. The maximum atomic E-state index is 5.73. The summed E-state index contributed by atoms with van der Waals surface area (Å²) in [5.74, 6) is 1.20. The first-order chi connectivity index (χ1) is 5.33. The second-order valence-corrected chi connectivity index (χ2v) is 5.57. The van der Waals surface area contributed by atoms with E-state index in [9.17, 15) is 0 Å². The molecule has 4 fully saturated rings. The van der Waals surface area contributed by atoms with Gasteiger partial charge in [-0.25, -0.2) is 0 Å². The molecular formula is C8H13O2P. The molecule has 0 radical (unpaired) electrons. The van der Waals surface area contributed by atoms with Gasteiger partial charge in [0.1, 0.15) is 0 Å². The summed E-state index contributed by atoms with van der Waals surface area (Å²) in [6.45, 7) is 2.26. The van der Waals surface area contributed by atoms with Crippen LogP contribution in [0.4, 0.5) is 0 Å². The van der Waals surface area contributed by atoms with E-state index in [1.54, 1.807) is 0 Å². The van der Waals surface area contributed by atoms with Crippen molar-refractivity contribution in [1.29, 1.82) is 0 Å². The van der Waals surface area contributed by atoms with Crippen LogP contribution in [-0.2, 0) is 9.47 Å². The predicted octanol–water partition coefficient (Wildman–Crippen LogP) is 1.54. The van der Waals surface area contributed by atoms with Gasteiger partial charge in [0.05, 0.1) is 11.9 Å². The van der Waals surface area contributed by atoms with Crippen molar-refractivity contribution in [2.45, 2.75) is 43.7 Å². The number of hydrogen-bond donors (Lipinski definition) is 0. The molecule has 0 aliphatic carbocycles. The first-order valence-corrected chi connectivity index (χ1v) is 5.55. The molecule has 0 saturated carbocycles. The molecule has 3 heteroatoms. The molecule has 2 nitrogen and oxygen atoms in total. The van der Waals surface area contributed by atoms with Crippen LogP contribution in [-0.4, -0.2) is 23.9 Å². The Morgan fingerprint density at radius 1 is 1.27 bits per heavy atom.